The molecule has 0 atom stereocenters. The zero-order valence-corrected chi connectivity index (χ0v) is 23.7. The van der Waals surface area contributed by atoms with Crippen LogP contribution in [0.3, 0.4) is 0 Å². The molecule has 0 aliphatic heterocycles. The van der Waals surface area contributed by atoms with Gasteiger partial charge in [-0.15, -0.1) is 0 Å². The lowest BCUT2D eigenvalue weighted by atomic mass is 10.1. The molecule has 0 aliphatic rings. The number of nitrogens with zero attached hydrogens (tertiary/aromatic N) is 3. The summed E-state index contributed by atoms with van der Waals surface area (Å²) in [6, 6.07) is 50.6. The van der Waals surface area contributed by atoms with Crippen LogP contribution in [0.15, 0.2) is 156 Å². The standard InChI is InChI=1S/C40H25N3O/c1-3-10-26(11-4-1)28-14-9-15-30(24-28)43-35-21-20-32-31-16-7-8-17-37(31)44-39(32)38(35)33-19-18-29(25-36(33)43)40-41-23-22-34(42-40)27-12-5-2-6-13-27/h1-25H. The average Bonchev–Trinajstić information content (AvgIpc) is 3.64. The minimum Gasteiger partial charge on any atom is -0.455 e. The molecular weight excluding hydrogens is 538 g/mol. The number of para-hydroxylation sites is 1. The van der Waals surface area contributed by atoms with Crippen molar-refractivity contribution in [2.45, 2.75) is 0 Å². The van der Waals surface area contributed by atoms with E-state index in [1.807, 2.05) is 42.6 Å². The lowest BCUT2D eigenvalue weighted by Crippen LogP contribution is -1.95. The molecule has 0 aliphatic carbocycles. The maximum Gasteiger partial charge on any atom is 0.159 e. The highest BCUT2D eigenvalue weighted by molar-refractivity contribution is 6.24. The topological polar surface area (TPSA) is 43.9 Å². The van der Waals surface area contributed by atoms with E-state index >= 15 is 0 Å². The molecule has 206 valence electrons. The van der Waals surface area contributed by atoms with E-state index in [0.717, 1.165) is 71.8 Å². The molecule has 0 saturated heterocycles. The number of aromatic nitrogens is 3. The van der Waals surface area contributed by atoms with Gasteiger partial charge in [-0.3, -0.25) is 0 Å². The molecule has 4 nitrogen and oxygen atoms in total. The van der Waals surface area contributed by atoms with Gasteiger partial charge in [0.1, 0.15) is 11.2 Å². The summed E-state index contributed by atoms with van der Waals surface area (Å²) < 4.78 is 8.90. The monoisotopic (exact) mass is 563 g/mol. The molecule has 4 heteroatoms. The molecule has 0 fully saturated rings. The van der Waals surface area contributed by atoms with E-state index in [1.54, 1.807) is 0 Å². The van der Waals surface area contributed by atoms with Gasteiger partial charge in [-0.2, -0.15) is 0 Å². The number of fused-ring (bicyclic) bond motifs is 7. The van der Waals surface area contributed by atoms with Crippen LogP contribution in [0.1, 0.15) is 0 Å². The Morgan fingerprint density at radius 3 is 2.11 bits per heavy atom. The molecule has 0 N–H and O–H groups in total. The third-order valence-electron chi connectivity index (χ3n) is 8.47. The Labute approximate surface area is 253 Å². The van der Waals surface area contributed by atoms with Crippen molar-refractivity contribution < 1.29 is 4.42 Å². The number of rotatable bonds is 4. The molecule has 0 spiro atoms. The molecule has 9 aromatic rings. The number of furan rings is 1. The average molecular weight is 564 g/mol. The highest BCUT2D eigenvalue weighted by Gasteiger charge is 2.20. The van der Waals surface area contributed by atoms with Gasteiger partial charge in [-0.1, -0.05) is 103 Å². The Balaban J connectivity index is 1.33. The molecule has 6 aromatic carbocycles. The van der Waals surface area contributed by atoms with E-state index < -0.39 is 0 Å². The van der Waals surface area contributed by atoms with Crippen molar-refractivity contribution in [2.75, 3.05) is 0 Å². The lowest BCUT2D eigenvalue weighted by Gasteiger charge is -2.11. The second-order valence-corrected chi connectivity index (χ2v) is 11.0. The maximum absolute atomic E-state index is 6.56. The fourth-order valence-corrected chi connectivity index (χ4v) is 6.42. The van der Waals surface area contributed by atoms with Crippen molar-refractivity contribution >= 4 is 43.7 Å². The first-order chi connectivity index (χ1) is 21.8. The number of hydrogen-bond donors (Lipinski definition) is 0. The minimum absolute atomic E-state index is 0.692. The largest absolute Gasteiger partial charge is 0.455 e. The molecule has 3 heterocycles. The molecule has 0 unspecified atom stereocenters. The smallest absolute Gasteiger partial charge is 0.159 e. The van der Waals surface area contributed by atoms with Crippen LogP contribution < -0.4 is 0 Å². The molecule has 0 saturated carbocycles. The zero-order valence-electron chi connectivity index (χ0n) is 23.7. The van der Waals surface area contributed by atoms with Crippen molar-refractivity contribution in [3.8, 4) is 39.5 Å². The van der Waals surface area contributed by atoms with Crippen LogP contribution in [0.2, 0.25) is 0 Å². The van der Waals surface area contributed by atoms with Crippen molar-refractivity contribution in [1.29, 1.82) is 0 Å². The van der Waals surface area contributed by atoms with E-state index in [0.29, 0.717) is 5.82 Å². The highest BCUT2D eigenvalue weighted by Crippen LogP contribution is 2.41. The Morgan fingerprint density at radius 1 is 0.500 bits per heavy atom. The summed E-state index contributed by atoms with van der Waals surface area (Å²) in [4.78, 5) is 9.66. The van der Waals surface area contributed by atoms with Crippen LogP contribution in [-0.4, -0.2) is 14.5 Å². The second kappa shape index (κ2) is 9.79. The van der Waals surface area contributed by atoms with Crippen LogP contribution in [0.25, 0.3) is 83.2 Å². The van der Waals surface area contributed by atoms with Crippen molar-refractivity contribution in [1.82, 2.24) is 14.5 Å². The third kappa shape index (κ3) is 3.85. The van der Waals surface area contributed by atoms with Gasteiger partial charge in [0.05, 0.1) is 22.1 Å². The van der Waals surface area contributed by atoms with Gasteiger partial charge >= 0.3 is 0 Å². The molecule has 9 rings (SSSR count). The van der Waals surface area contributed by atoms with Gasteiger partial charge in [0, 0.05) is 39.2 Å². The van der Waals surface area contributed by atoms with E-state index in [2.05, 4.69) is 114 Å². The number of hydrogen-bond acceptors (Lipinski definition) is 3. The third-order valence-corrected chi connectivity index (χ3v) is 8.47. The molecule has 0 amide bonds. The van der Waals surface area contributed by atoms with Gasteiger partial charge in [0.15, 0.2) is 5.82 Å². The first-order valence-electron chi connectivity index (χ1n) is 14.7. The molecule has 3 aromatic heterocycles. The predicted molar refractivity (Wildman–Crippen MR) is 180 cm³/mol. The zero-order chi connectivity index (χ0) is 29.0. The normalized spacial score (nSPS) is 11.6. The summed E-state index contributed by atoms with van der Waals surface area (Å²) in [6.45, 7) is 0. The van der Waals surface area contributed by atoms with Crippen molar-refractivity contribution in [3.63, 3.8) is 0 Å². The first kappa shape index (κ1) is 24.6. The van der Waals surface area contributed by atoms with E-state index in [9.17, 15) is 0 Å². The van der Waals surface area contributed by atoms with Crippen LogP contribution in [-0.2, 0) is 0 Å². The summed E-state index contributed by atoms with van der Waals surface area (Å²) in [7, 11) is 0. The number of benzene rings is 6. The fraction of sp³-hybridized carbons (Fsp3) is 0. The Hall–Kier alpha value is -6.00. The Bertz CT molecular complexity index is 2490. The lowest BCUT2D eigenvalue weighted by molar-refractivity contribution is 0.673. The van der Waals surface area contributed by atoms with Crippen molar-refractivity contribution in [2.24, 2.45) is 0 Å². The van der Waals surface area contributed by atoms with Gasteiger partial charge in [0.25, 0.3) is 0 Å². The highest BCUT2D eigenvalue weighted by atomic mass is 16.3. The molecule has 0 bridgehead atoms. The molecule has 44 heavy (non-hydrogen) atoms. The van der Waals surface area contributed by atoms with E-state index in [1.165, 1.54) is 5.56 Å². The molecular formula is C40H25N3O. The van der Waals surface area contributed by atoms with Gasteiger partial charge in [-0.05, 0) is 53.6 Å². The summed E-state index contributed by atoms with van der Waals surface area (Å²) in [5, 5.41) is 4.47. The maximum atomic E-state index is 6.56. The predicted octanol–water partition coefficient (Wildman–Crippen LogP) is 10.5. The van der Waals surface area contributed by atoms with Crippen LogP contribution in [0, 0.1) is 0 Å². The van der Waals surface area contributed by atoms with Gasteiger partial charge < -0.3 is 8.98 Å². The minimum atomic E-state index is 0.692. The summed E-state index contributed by atoms with van der Waals surface area (Å²) >= 11 is 0. The SMILES string of the molecule is c1ccc(-c2cccc(-n3c4cc(-c5nccc(-c6ccccc6)n5)ccc4c4c5oc6ccccc6c5ccc43)c2)cc1. The summed E-state index contributed by atoms with van der Waals surface area (Å²) in [6.07, 6.45) is 1.84. The summed E-state index contributed by atoms with van der Waals surface area (Å²) in [5.41, 5.74) is 10.3. The summed E-state index contributed by atoms with van der Waals surface area (Å²) in [5.74, 6) is 0.692. The Kier molecular flexibility index (Phi) is 5.47. The first-order valence-corrected chi connectivity index (χ1v) is 14.7. The van der Waals surface area contributed by atoms with E-state index in [4.69, 9.17) is 14.4 Å². The van der Waals surface area contributed by atoms with Crippen molar-refractivity contribution in [3.05, 3.63) is 152 Å². The van der Waals surface area contributed by atoms with E-state index in [-0.39, 0.29) is 0 Å². The van der Waals surface area contributed by atoms with Crippen LogP contribution in [0.5, 0.6) is 0 Å². The van der Waals surface area contributed by atoms with Gasteiger partial charge in [0.2, 0.25) is 0 Å². The van der Waals surface area contributed by atoms with Crippen LogP contribution >= 0.6 is 0 Å². The quantitative estimate of drug-likeness (QED) is 0.214. The second-order valence-electron chi connectivity index (χ2n) is 11.0. The van der Waals surface area contributed by atoms with Gasteiger partial charge in [-0.25, -0.2) is 9.97 Å². The fourth-order valence-electron chi connectivity index (χ4n) is 6.42. The molecule has 0 radical (unpaired) electrons. The van der Waals surface area contributed by atoms with Crippen LogP contribution in [0.4, 0.5) is 0 Å². The Morgan fingerprint density at radius 2 is 1.25 bits per heavy atom.